The largest absolute Gasteiger partial charge is 0.483 e. The highest BCUT2D eigenvalue weighted by Gasteiger charge is 2.47. The molecule has 1 fully saturated rings. The normalized spacial score (nSPS) is 39.1. The summed E-state index contributed by atoms with van der Waals surface area (Å²) in [7, 11) is -10.4. The molecule has 0 aromatic heterocycles. The van der Waals surface area contributed by atoms with E-state index < -0.39 is 52.9 Å². The van der Waals surface area contributed by atoms with Crippen LogP contribution in [0.3, 0.4) is 0 Å². The Morgan fingerprint density at radius 1 is 1.30 bits per heavy atom. The van der Waals surface area contributed by atoms with E-state index in [1.54, 1.807) is 0 Å². The summed E-state index contributed by atoms with van der Waals surface area (Å²) in [6.45, 7) is -0.768. The lowest BCUT2D eigenvalue weighted by Crippen LogP contribution is -2.62. The van der Waals surface area contributed by atoms with Gasteiger partial charge in [-0.3, -0.25) is 4.52 Å². The van der Waals surface area contributed by atoms with Crippen molar-refractivity contribution in [1.29, 1.82) is 1.43 Å². The highest BCUT2D eigenvalue weighted by molar-refractivity contribution is 7.60. The van der Waals surface area contributed by atoms with Crippen LogP contribution in [0.5, 0.6) is 0 Å². The maximum Gasteiger partial charge on any atom is 0.483 e. The molecule has 0 aromatic rings. The van der Waals surface area contributed by atoms with Gasteiger partial charge in [-0.15, -0.1) is 0 Å². The third-order valence-electron chi connectivity index (χ3n) is 2.37. The van der Waals surface area contributed by atoms with Gasteiger partial charge >= 0.3 is 15.6 Å². The lowest BCUT2D eigenvalue weighted by Gasteiger charge is -2.40. The first-order chi connectivity index (χ1) is 9.53. The number of aliphatic hydroxyl groups excluding tert-OH is 3. The molecule has 2 unspecified atom stereocenters. The number of ether oxygens (including phenoxy) is 1. The maximum absolute atomic E-state index is 11.7. The Hall–Kier alpha value is 0.0600. The standard InChI is InChI=1S/C6H15NO11P2/c7-3-5(10)4(9)2(1-8)16-6(3)17-20(14,15)18-19(11,12)13/h2-6,8-10H,1,7H2,(H,14,15)(H2,11,12,13)/t2-,3-,4+,5-,6?/m1/s1/i/hD. The Bertz CT molecular complexity index is 442. The predicted molar refractivity (Wildman–Crippen MR) is 59.8 cm³/mol. The summed E-state index contributed by atoms with van der Waals surface area (Å²) in [5, 5.41) is 28.0. The molecular weight excluding hydrogens is 324 g/mol. The van der Waals surface area contributed by atoms with Gasteiger partial charge in [0.15, 0.2) is 6.29 Å². The molecule has 120 valence electrons. The van der Waals surface area contributed by atoms with Gasteiger partial charge in [-0.2, -0.15) is 4.31 Å². The summed E-state index contributed by atoms with van der Waals surface area (Å²) in [6.07, 6.45) is -6.46. The summed E-state index contributed by atoms with van der Waals surface area (Å²) in [5.41, 5.74) is 5.43. The minimum Gasteiger partial charge on any atom is -0.394 e. The Morgan fingerprint density at radius 3 is 2.35 bits per heavy atom. The highest BCUT2D eigenvalue weighted by atomic mass is 31.3. The summed E-state index contributed by atoms with van der Waals surface area (Å²) in [6, 6.07) is -1.52. The monoisotopic (exact) mass is 340 g/mol. The quantitative estimate of drug-likeness (QED) is 0.241. The van der Waals surface area contributed by atoms with Crippen molar-refractivity contribution in [2.45, 2.75) is 30.6 Å². The molecule has 0 aromatic carbocycles. The number of phosphoric acid groups is 2. The summed E-state index contributed by atoms with van der Waals surface area (Å²) < 4.78 is 41.9. The van der Waals surface area contributed by atoms with Crippen LogP contribution in [0.25, 0.3) is 0 Å². The molecule has 20 heavy (non-hydrogen) atoms. The van der Waals surface area contributed by atoms with Crippen LogP contribution in [0.15, 0.2) is 0 Å². The third kappa shape index (κ3) is 4.81. The van der Waals surface area contributed by atoms with Crippen LogP contribution in [0.2, 0.25) is 0 Å². The van der Waals surface area contributed by atoms with E-state index in [1.165, 1.54) is 0 Å². The number of hydrogen-bond acceptors (Lipinski definition) is 10. The van der Waals surface area contributed by atoms with Crippen LogP contribution in [0, 0.1) is 0 Å². The maximum atomic E-state index is 11.7. The fourth-order valence-electron chi connectivity index (χ4n) is 1.47. The molecule has 1 saturated heterocycles. The molecule has 1 heterocycles. The first-order valence-corrected chi connectivity index (χ1v) is 8.10. The molecule has 0 radical (unpaired) electrons. The van der Waals surface area contributed by atoms with E-state index in [-0.39, 0.29) is 0 Å². The van der Waals surface area contributed by atoms with E-state index in [1.807, 2.05) is 0 Å². The van der Waals surface area contributed by atoms with Crippen molar-refractivity contribution < 1.29 is 52.7 Å². The van der Waals surface area contributed by atoms with Crippen LogP contribution in [-0.4, -0.2) is 68.7 Å². The van der Waals surface area contributed by atoms with Gasteiger partial charge in [-0.05, 0) is 0 Å². The van der Waals surface area contributed by atoms with Gasteiger partial charge in [-0.25, -0.2) is 9.13 Å². The second kappa shape index (κ2) is 6.44. The average Bonchev–Trinajstić information content (AvgIpc) is 2.37. The highest BCUT2D eigenvalue weighted by Crippen LogP contribution is 2.58. The minimum absolute atomic E-state index is 0.768. The van der Waals surface area contributed by atoms with Crippen LogP contribution in [0.1, 0.15) is 0 Å². The second-order valence-corrected chi connectivity index (χ2v) is 6.65. The lowest BCUT2D eigenvalue weighted by molar-refractivity contribution is -0.242. The lowest BCUT2D eigenvalue weighted by atomic mass is 9.98. The van der Waals surface area contributed by atoms with Crippen molar-refractivity contribution in [2.75, 3.05) is 6.61 Å². The van der Waals surface area contributed by atoms with Crippen molar-refractivity contribution in [1.82, 2.24) is 0 Å². The Labute approximate surface area is 114 Å². The van der Waals surface area contributed by atoms with Gasteiger partial charge in [0, 0.05) is 0 Å². The van der Waals surface area contributed by atoms with Crippen molar-refractivity contribution in [3.05, 3.63) is 0 Å². The molecule has 0 aliphatic carbocycles. The molecule has 1 aliphatic rings. The Balaban J connectivity index is 2.88. The van der Waals surface area contributed by atoms with E-state index in [0.717, 1.165) is 0 Å². The van der Waals surface area contributed by atoms with Gasteiger partial charge in [0.05, 0.1) is 12.6 Å². The van der Waals surface area contributed by atoms with Gasteiger partial charge < -0.3 is 40.5 Å². The molecule has 0 saturated carbocycles. The third-order valence-corrected chi connectivity index (χ3v) is 4.48. The van der Waals surface area contributed by atoms with Crippen LogP contribution < -0.4 is 5.73 Å². The van der Waals surface area contributed by atoms with Crippen molar-refractivity contribution in [3.63, 3.8) is 0 Å². The molecule has 14 heteroatoms. The van der Waals surface area contributed by atoms with Crippen molar-refractivity contribution >= 4 is 15.6 Å². The zero-order valence-corrected chi connectivity index (χ0v) is 11.5. The van der Waals surface area contributed by atoms with E-state index in [4.69, 9.17) is 26.8 Å². The molecule has 12 nitrogen and oxygen atoms in total. The number of nitrogens with two attached hydrogens (primary N) is 1. The SMILES string of the molecule is [2H]OP(=O)(OC1O[C@H](CO)[C@H](O)[C@H](O)[C@H]1N)OP(=O)(O)O. The zero-order chi connectivity index (χ0) is 16.4. The molecular formula is C6H15NO11P2. The first kappa shape index (κ1) is 16.4. The van der Waals surface area contributed by atoms with Gasteiger partial charge in [0.25, 0.3) is 0 Å². The second-order valence-electron chi connectivity index (χ2n) is 3.91. The Morgan fingerprint density at radius 2 is 1.90 bits per heavy atom. The molecule has 0 amide bonds. The number of hydrogen-bond donors (Lipinski definition) is 7. The number of rotatable bonds is 6. The minimum atomic E-state index is -5.33. The molecule has 8 N–H and O–H groups in total. The molecule has 1 aliphatic heterocycles. The average molecular weight is 340 g/mol. The van der Waals surface area contributed by atoms with Gasteiger partial charge in [-0.1, -0.05) is 0 Å². The fraction of sp³-hybridized carbons (Fsp3) is 1.00. The topological polar surface area (TPSA) is 209 Å². The van der Waals surface area contributed by atoms with Crippen LogP contribution in [-0.2, 0) is 22.7 Å². The van der Waals surface area contributed by atoms with E-state index in [0.29, 0.717) is 0 Å². The molecule has 0 bridgehead atoms. The van der Waals surface area contributed by atoms with Crippen molar-refractivity contribution in [3.8, 4) is 0 Å². The van der Waals surface area contributed by atoms with Gasteiger partial charge in [0.1, 0.15) is 18.3 Å². The zero-order valence-electron chi connectivity index (χ0n) is 10.8. The van der Waals surface area contributed by atoms with Crippen LogP contribution >= 0.6 is 15.6 Å². The predicted octanol–water partition coefficient (Wildman–Crippen LogP) is -3.02. The molecule has 6 atom stereocenters. The summed E-state index contributed by atoms with van der Waals surface area (Å²) in [4.78, 5) is 20.6. The van der Waals surface area contributed by atoms with Crippen molar-refractivity contribution in [2.24, 2.45) is 5.73 Å². The van der Waals surface area contributed by atoms with E-state index in [9.17, 15) is 19.3 Å². The summed E-state index contributed by atoms with van der Waals surface area (Å²) in [5.74, 6) is 0. The fourth-order valence-corrected chi connectivity index (χ4v) is 3.12. The van der Waals surface area contributed by atoms with E-state index in [2.05, 4.69) is 13.7 Å². The molecule has 0 spiro atoms. The number of phosphoric ester groups is 1. The van der Waals surface area contributed by atoms with Crippen LogP contribution in [0.4, 0.5) is 0 Å². The summed E-state index contributed by atoms with van der Waals surface area (Å²) >= 11 is 0. The van der Waals surface area contributed by atoms with E-state index >= 15 is 0 Å². The Kier molecular flexibility index (Phi) is 5.29. The molecule has 1 rings (SSSR count). The smallest absolute Gasteiger partial charge is 0.394 e. The first-order valence-electron chi connectivity index (χ1n) is 5.52. The number of aliphatic hydroxyl groups is 3. The van der Waals surface area contributed by atoms with Gasteiger partial charge in [0.2, 0.25) is 1.43 Å².